The second-order valence-corrected chi connectivity index (χ2v) is 1.77. The minimum absolute atomic E-state index is 0.323. The van der Waals surface area contributed by atoms with Crippen LogP contribution in [0.5, 0.6) is 0 Å². The van der Waals surface area contributed by atoms with Gasteiger partial charge < -0.3 is 15.2 Å². The first-order chi connectivity index (χ1) is 4.72. The lowest BCUT2D eigenvalue weighted by Gasteiger charge is -2.05. The summed E-state index contributed by atoms with van der Waals surface area (Å²) in [4.78, 5) is 9.40. The summed E-state index contributed by atoms with van der Waals surface area (Å²) in [6, 6.07) is 0. The molecule has 2 N–H and O–H groups in total. The zero-order valence-electron chi connectivity index (χ0n) is 5.07. The minimum Gasteiger partial charge on any atom is -0.501 e. The summed E-state index contributed by atoms with van der Waals surface area (Å²) in [7, 11) is 0. The van der Waals surface area contributed by atoms with Gasteiger partial charge in [-0.05, 0) is 17.1 Å². The fraction of sp³-hybridized carbons (Fsp3) is 0.200. The topological polar surface area (TPSA) is 75.4 Å². The number of nitrogens with one attached hydrogen (secondary N) is 1. The molecule has 0 bridgehead atoms. The molecule has 0 aromatic rings. The molecule has 5 nitrogen and oxygen atoms in total. The molecule has 5 heteroatoms. The van der Waals surface area contributed by atoms with Gasteiger partial charge in [-0.1, -0.05) is 0 Å². The van der Waals surface area contributed by atoms with Gasteiger partial charge in [0.1, 0.15) is 6.54 Å². The van der Waals surface area contributed by atoms with E-state index in [1.807, 2.05) is 0 Å². The molecule has 0 saturated heterocycles. The van der Waals surface area contributed by atoms with Crippen molar-refractivity contribution >= 4 is 0 Å². The zero-order valence-corrected chi connectivity index (χ0v) is 5.07. The standard InChI is InChI=1S/C5H6N2O3/c8-4-2-1-3-6-5(4)7(9)10/h1-2,6,8H,3H2. The van der Waals surface area contributed by atoms with Crippen LogP contribution in [0.2, 0.25) is 0 Å². The van der Waals surface area contributed by atoms with Crippen molar-refractivity contribution in [2.75, 3.05) is 6.54 Å². The van der Waals surface area contributed by atoms with Crippen molar-refractivity contribution in [3.05, 3.63) is 33.8 Å². The fourth-order valence-electron chi connectivity index (χ4n) is 0.654. The first-order valence-electron chi connectivity index (χ1n) is 2.70. The van der Waals surface area contributed by atoms with E-state index in [0.29, 0.717) is 6.54 Å². The Morgan fingerprint density at radius 1 is 1.80 bits per heavy atom. The maximum absolute atomic E-state index is 10.1. The summed E-state index contributed by atoms with van der Waals surface area (Å²) in [5.41, 5.74) is 0. The summed E-state index contributed by atoms with van der Waals surface area (Å²) in [6.45, 7) is 0.389. The molecule has 0 spiro atoms. The van der Waals surface area contributed by atoms with E-state index in [9.17, 15) is 10.1 Å². The molecule has 0 aliphatic carbocycles. The van der Waals surface area contributed by atoms with Crippen LogP contribution in [0.15, 0.2) is 23.7 Å². The van der Waals surface area contributed by atoms with Gasteiger partial charge >= 0.3 is 5.82 Å². The number of nitrogens with zero attached hydrogens (tertiary/aromatic N) is 1. The average molecular weight is 142 g/mol. The molecule has 0 radical (unpaired) electrons. The SMILES string of the molecule is O=[N+]([O-])C1=C(O)C=CCN1. The Labute approximate surface area is 56.8 Å². The van der Waals surface area contributed by atoms with E-state index in [2.05, 4.69) is 5.32 Å². The van der Waals surface area contributed by atoms with Crippen LogP contribution in [0.25, 0.3) is 0 Å². The van der Waals surface area contributed by atoms with Gasteiger partial charge in [-0.15, -0.1) is 0 Å². The number of aliphatic hydroxyl groups excluding tert-OH is 1. The monoisotopic (exact) mass is 142 g/mol. The van der Waals surface area contributed by atoms with Crippen LogP contribution >= 0.6 is 0 Å². The molecule has 10 heavy (non-hydrogen) atoms. The molecular weight excluding hydrogens is 136 g/mol. The molecule has 54 valence electrons. The van der Waals surface area contributed by atoms with Crippen molar-refractivity contribution in [3.63, 3.8) is 0 Å². The maximum Gasteiger partial charge on any atom is 0.358 e. The number of nitro groups is 1. The van der Waals surface area contributed by atoms with Gasteiger partial charge in [0, 0.05) is 0 Å². The van der Waals surface area contributed by atoms with Crippen LogP contribution in [-0.2, 0) is 0 Å². The molecule has 0 unspecified atom stereocenters. The van der Waals surface area contributed by atoms with E-state index < -0.39 is 4.92 Å². The van der Waals surface area contributed by atoms with E-state index in [1.165, 1.54) is 6.08 Å². The Morgan fingerprint density at radius 3 is 2.90 bits per heavy atom. The van der Waals surface area contributed by atoms with Crippen molar-refractivity contribution in [1.29, 1.82) is 0 Å². The number of allylic oxidation sites excluding steroid dienone is 1. The lowest BCUT2D eigenvalue weighted by molar-refractivity contribution is -0.434. The highest BCUT2D eigenvalue weighted by molar-refractivity contribution is 5.18. The Morgan fingerprint density at radius 2 is 2.50 bits per heavy atom. The van der Waals surface area contributed by atoms with Crippen molar-refractivity contribution in [1.82, 2.24) is 5.32 Å². The van der Waals surface area contributed by atoms with Crippen molar-refractivity contribution < 1.29 is 10.0 Å². The van der Waals surface area contributed by atoms with Gasteiger partial charge in [-0.25, -0.2) is 0 Å². The van der Waals surface area contributed by atoms with Crippen molar-refractivity contribution in [3.8, 4) is 0 Å². The van der Waals surface area contributed by atoms with Crippen LogP contribution in [0.4, 0.5) is 0 Å². The van der Waals surface area contributed by atoms with Gasteiger partial charge in [0.25, 0.3) is 0 Å². The fourth-order valence-corrected chi connectivity index (χ4v) is 0.654. The first kappa shape index (κ1) is 6.60. The van der Waals surface area contributed by atoms with E-state index in [1.54, 1.807) is 6.08 Å². The summed E-state index contributed by atoms with van der Waals surface area (Å²) >= 11 is 0. The molecule has 0 aromatic carbocycles. The molecule has 0 atom stereocenters. The highest BCUT2D eigenvalue weighted by Crippen LogP contribution is 2.03. The molecule has 1 aliphatic rings. The molecule has 1 heterocycles. The average Bonchev–Trinajstić information content (AvgIpc) is 1.88. The number of dihydropyridines is 1. The summed E-state index contributed by atoms with van der Waals surface area (Å²) < 4.78 is 0. The van der Waals surface area contributed by atoms with Gasteiger partial charge in [-0.3, -0.25) is 5.32 Å². The molecule has 1 rings (SSSR count). The Hall–Kier alpha value is -1.52. The molecular formula is C5H6N2O3. The highest BCUT2D eigenvalue weighted by atomic mass is 16.6. The van der Waals surface area contributed by atoms with Crippen LogP contribution in [0.3, 0.4) is 0 Å². The Balaban J connectivity index is 2.89. The smallest absolute Gasteiger partial charge is 0.358 e. The number of hydrogen-bond acceptors (Lipinski definition) is 4. The lowest BCUT2D eigenvalue weighted by Crippen LogP contribution is -2.24. The lowest BCUT2D eigenvalue weighted by atomic mass is 10.3. The minimum atomic E-state index is -0.654. The van der Waals surface area contributed by atoms with Crippen LogP contribution in [-0.4, -0.2) is 16.6 Å². The second kappa shape index (κ2) is 2.38. The predicted molar refractivity (Wildman–Crippen MR) is 33.8 cm³/mol. The molecule has 0 amide bonds. The Kier molecular flexibility index (Phi) is 1.57. The van der Waals surface area contributed by atoms with Gasteiger partial charge in [-0.2, -0.15) is 0 Å². The first-order valence-corrected chi connectivity index (χ1v) is 2.70. The normalized spacial score (nSPS) is 16.8. The molecule has 0 saturated carbocycles. The maximum atomic E-state index is 10.1. The van der Waals surface area contributed by atoms with Gasteiger partial charge in [0.05, 0.1) is 0 Å². The summed E-state index contributed by atoms with van der Waals surface area (Å²) in [5, 5.41) is 21.3. The van der Waals surface area contributed by atoms with E-state index in [-0.39, 0.29) is 11.6 Å². The highest BCUT2D eigenvalue weighted by Gasteiger charge is 2.15. The Bertz CT molecular complexity index is 219. The molecule has 0 fully saturated rings. The number of hydrogen-bond donors (Lipinski definition) is 2. The number of rotatable bonds is 1. The second-order valence-electron chi connectivity index (χ2n) is 1.77. The van der Waals surface area contributed by atoms with Crippen LogP contribution in [0, 0.1) is 10.1 Å². The van der Waals surface area contributed by atoms with E-state index in [4.69, 9.17) is 5.11 Å². The van der Waals surface area contributed by atoms with E-state index >= 15 is 0 Å². The summed E-state index contributed by atoms with van der Waals surface area (Å²) in [5.74, 6) is -0.654. The van der Waals surface area contributed by atoms with Crippen LogP contribution in [0.1, 0.15) is 0 Å². The largest absolute Gasteiger partial charge is 0.501 e. The van der Waals surface area contributed by atoms with Crippen LogP contribution < -0.4 is 5.32 Å². The van der Waals surface area contributed by atoms with Gasteiger partial charge in [0.15, 0.2) is 0 Å². The third-order valence-corrected chi connectivity index (χ3v) is 1.09. The zero-order chi connectivity index (χ0) is 7.56. The molecule has 0 aromatic heterocycles. The quantitative estimate of drug-likeness (QED) is 0.403. The van der Waals surface area contributed by atoms with Crippen molar-refractivity contribution in [2.24, 2.45) is 0 Å². The van der Waals surface area contributed by atoms with E-state index in [0.717, 1.165) is 0 Å². The number of aliphatic hydroxyl groups is 1. The van der Waals surface area contributed by atoms with Gasteiger partial charge in [0.2, 0.25) is 5.76 Å². The third kappa shape index (κ3) is 1.07. The predicted octanol–water partition coefficient (Wildman–Crippen LogP) is 0.150. The third-order valence-electron chi connectivity index (χ3n) is 1.09. The van der Waals surface area contributed by atoms with Crippen molar-refractivity contribution in [2.45, 2.75) is 0 Å². The molecule has 1 aliphatic heterocycles. The summed E-state index contributed by atoms with van der Waals surface area (Å²) in [6.07, 6.45) is 2.90.